The van der Waals surface area contributed by atoms with Crippen LogP contribution in [0.4, 0.5) is 4.79 Å². The van der Waals surface area contributed by atoms with Gasteiger partial charge < -0.3 is 34.5 Å². The minimum absolute atomic E-state index is 0. The zero-order chi connectivity index (χ0) is 36.7. The lowest BCUT2D eigenvalue weighted by molar-refractivity contribution is -0.200. The van der Waals surface area contributed by atoms with Crippen molar-refractivity contribution < 1.29 is 40.2 Å². The fourth-order valence-corrected chi connectivity index (χ4v) is 12.8. The Hall–Kier alpha value is -1.46. The molecule has 7 rings (SSSR count). The highest BCUT2D eigenvalue weighted by Crippen LogP contribution is 2.87. The molecule has 7 unspecified atom stereocenters. The van der Waals surface area contributed by atoms with E-state index in [1.54, 1.807) is 13.8 Å². The van der Waals surface area contributed by atoms with Gasteiger partial charge in [0.15, 0.2) is 6.10 Å². The number of amides is 1. The monoisotopic (exact) mass is 709 g/mol. The van der Waals surface area contributed by atoms with Gasteiger partial charge in [-0.1, -0.05) is 34.6 Å². The lowest BCUT2D eigenvalue weighted by atomic mass is 9.46. The third-order valence-corrected chi connectivity index (χ3v) is 14.9. The van der Waals surface area contributed by atoms with Crippen LogP contribution >= 0.6 is 0 Å². The number of hydrogen-bond donors (Lipinski definition) is 3. The van der Waals surface area contributed by atoms with Crippen molar-refractivity contribution in [2.45, 2.75) is 150 Å². The number of carbonyl (C=O) groups excluding carboxylic acids is 2. The maximum absolute atomic E-state index is 12.9. The van der Waals surface area contributed by atoms with E-state index in [0.29, 0.717) is 35.1 Å². The zero-order valence-corrected chi connectivity index (χ0v) is 32.7. The molecule has 290 valence electrons. The van der Waals surface area contributed by atoms with E-state index in [2.05, 4.69) is 31.0 Å². The van der Waals surface area contributed by atoms with E-state index in [9.17, 15) is 14.7 Å². The van der Waals surface area contributed by atoms with Crippen LogP contribution in [0.5, 0.6) is 0 Å². The first kappa shape index (κ1) is 39.7. The van der Waals surface area contributed by atoms with Gasteiger partial charge in [-0.25, -0.2) is 4.79 Å². The summed E-state index contributed by atoms with van der Waals surface area (Å²) in [6, 6.07) is 0. The van der Waals surface area contributed by atoms with Crippen molar-refractivity contribution in [3.8, 4) is 0 Å². The molecule has 0 radical (unpaired) electrons. The second kappa shape index (κ2) is 15.1. The fourth-order valence-electron chi connectivity index (χ4n) is 12.8. The number of aliphatic hydroxyl groups excluding tert-OH is 1. The molecule has 50 heavy (non-hydrogen) atoms. The summed E-state index contributed by atoms with van der Waals surface area (Å²) in [6.45, 7) is 21.0. The van der Waals surface area contributed by atoms with Crippen LogP contribution in [0.1, 0.15) is 121 Å². The summed E-state index contributed by atoms with van der Waals surface area (Å²) in [6.07, 6.45) is 10.5. The van der Waals surface area contributed by atoms with Gasteiger partial charge in [0.05, 0.1) is 31.0 Å². The molecule has 10 heteroatoms. The Bertz CT molecular complexity index is 1190. The standard InChI is InChI=1S/C37H60N2O7.C2H6.CH4O.H2/c1-23(40)44-31(34(4,5)42)27-9-7-25-28(45-27)21-26-24-8-10-29-33(2,3)30(46-32(41)38-15-16-39-17-19-43-20-18-39)11-12-37(29)22-36(24,37)14-13-35(25,26)6;2*1-2;/h24-31,42H,7-22H2,1-6H3,(H,38,41);1-2H3;2H,1H3;1H/t24?,25?,26?,27?,28?,29?,30-,31-,35?,36-,37+;;;/m0.../s1. The summed E-state index contributed by atoms with van der Waals surface area (Å²) < 4.78 is 24.1. The van der Waals surface area contributed by atoms with Crippen molar-refractivity contribution >= 4 is 12.1 Å². The highest BCUT2D eigenvalue weighted by atomic mass is 16.6. The number of aliphatic hydroxyl groups is 2. The number of ether oxygens (including phenoxy) is 4. The Morgan fingerprint density at radius 2 is 1.64 bits per heavy atom. The molecule has 2 spiro atoms. The second-order valence-electron chi connectivity index (χ2n) is 17.8. The highest BCUT2D eigenvalue weighted by Gasteiger charge is 2.81. The quantitative estimate of drug-likeness (QED) is 0.265. The molecular formula is C40H72N2O8. The molecule has 3 N–H and O–H groups in total. The molecule has 1 amide bonds. The van der Waals surface area contributed by atoms with Crippen molar-refractivity contribution in [2.75, 3.05) is 46.5 Å². The van der Waals surface area contributed by atoms with E-state index in [1.165, 1.54) is 45.4 Å². The Kier molecular flexibility index (Phi) is 12.0. The highest BCUT2D eigenvalue weighted by molar-refractivity contribution is 5.67. The Labute approximate surface area is 303 Å². The first-order valence-corrected chi connectivity index (χ1v) is 20.0. The van der Waals surface area contributed by atoms with E-state index in [4.69, 9.17) is 24.1 Å². The summed E-state index contributed by atoms with van der Waals surface area (Å²) in [7, 11) is 1.00. The number of esters is 1. The summed E-state index contributed by atoms with van der Waals surface area (Å²) in [5.41, 5.74) is -0.115. The molecular weight excluding hydrogens is 636 g/mol. The molecule has 5 saturated carbocycles. The maximum atomic E-state index is 12.9. The van der Waals surface area contributed by atoms with Crippen LogP contribution < -0.4 is 5.32 Å². The van der Waals surface area contributed by atoms with Crippen molar-refractivity contribution in [2.24, 2.45) is 45.3 Å². The van der Waals surface area contributed by atoms with Crippen LogP contribution in [-0.2, 0) is 23.7 Å². The van der Waals surface area contributed by atoms with Crippen LogP contribution in [0.25, 0.3) is 0 Å². The van der Waals surface area contributed by atoms with E-state index in [-0.39, 0.29) is 42.6 Å². The van der Waals surface area contributed by atoms with Crippen molar-refractivity contribution in [1.82, 2.24) is 10.2 Å². The molecule has 2 saturated heterocycles. The van der Waals surface area contributed by atoms with Crippen LogP contribution in [0.15, 0.2) is 0 Å². The predicted molar refractivity (Wildman–Crippen MR) is 195 cm³/mol. The van der Waals surface area contributed by atoms with Gasteiger partial charge in [-0.15, -0.1) is 0 Å². The number of nitrogens with zero attached hydrogens (tertiary/aromatic N) is 1. The molecule has 2 heterocycles. The molecule has 0 bridgehead atoms. The molecule has 11 atom stereocenters. The number of morpholine rings is 1. The molecule has 7 fully saturated rings. The summed E-state index contributed by atoms with van der Waals surface area (Å²) in [5, 5.41) is 20.9. The minimum Gasteiger partial charge on any atom is -0.457 e. The van der Waals surface area contributed by atoms with Crippen molar-refractivity contribution in [3.63, 3.8) is 0 Å². The maximum Gasteiger partial charge on any atom is 0.407 e. The summed E-state index contributed by atoms with van der Waals surface area (Å²) in [5.74, 6) is 2.13. The second-order valence-corrected chi connectivity index (χ2v) is 17.8. The van der Waals surface area contributed by atoms with E-state index in [0.717, 1.165) is 71.6 Å². The van der Waals surface area contributed by atoms with Gasteiger partial charge in [0, 0.05) is 47.1 Å². The van der Waals surface area contributed by atoms with Crippen LogP contribution in [0, 0.1) is 45.3 Å². The Balaban J connectivity index is 0.00000113. The first-order chi connectivity index (χ1) is 23.7. The Morgan fingerprint density at radius 3 is 2.30 bits per heavy atom. The lowest BCUT2D eigenvalue weighted by Gasteiger charge is -2.59. The van der Waals surface area contributed by atoms with Crippen LogP contribution in [0.2, 0.25) is 0 Å². The van der Waals surface area contributed by atoms with Crippen LogP contribution in [-0.4, -0.2) is 104 Å². The topological polar surface area (TPSA) is 127 Å². The molecule has 10 nitrogen and oxygen atoms in total. The molecule has 7 aliphatic rings. The molecule has 5 aliphatic carbocycles. The number of nitrogens with one attached hydrogen (secondary N) is 1. The number of fused-ring (bicyclic) bond motifs is 4. The van der Waals surface area contributed by atoms with Crippen molar-refractivity contribution in [3.05, 3.63) is 0 Å². The molecule has 0 aromatic carbocycles. The van der Waals surface area contributed by atoms with E-state index >= 15 is 0 Å². The number of alkyl carbamates (subject to hydrolysis) is 1. The average molecular weight is 709 g/mol. The van der Waals surface area contributed by atoms with Gasteiger partial charge in [0.2, 0.25) is 0 Å². The largest absolute Gasteiger partial charge is 0.457 e. The molecule has 0 aromatic heterocycles. The summed E-state index contributed by atoms with van der Waals surface area (Å²) >= 11 is 0. The van der Waals surface area contributed by atoms with E-state index < -0.39 is 11.7 Å². The van der Waals surface area contributed by atoms with E-state index in [1.807, 2.05) is 13.8 Å². The van der Waals surface area contributed by atoms with Crippen LogP contribution in [0.3, 0.4) is 0 Å². The molecule has 2 aliphatic heterocycles. The normalized spacial score (nSPS) is 41.8. The lowest BCUT2D eigenvalue weighted by Crippen LogP contribution is -2.55. The van der Waals surface area contributed by atoms with Gasteiger partial charge in [-0.05, 0) is 118 Å². The SMILES string of the molecule is CC.CC(=O)O[C@@H](C1CCC2C(CC3C4CCC5C(C)(C)[C@@H](OC(=O)NCCN6CCOCC6)CC[C@@]56C[C@@]46CCC23C)O1)C(C)(C)O.CO.[HH]. The third-order valence-electron chi connectivity index (χ3n) is 14.9. The van der Waals surface area contributed by atoms with Crippen molar-refractivity contribution in [1.29, 1.82) is 0 Å². The average Bonchev–Trinajstić information content (AvgIpc) is 3.66. The summed E-state index contributed by atoms with van der Waals surface area (Å²) in [4.78, 5) is 27.2. The zero-order valence-electron chi connectivity index (χ0n) is 32.7. The first-order valence-electron chi connectivity index (χ1n) is 20.0. The smallest absolute Gasteiger partial charge is 0.407 e. The number of carbonyl (C=O) groups is 2. The fraction of sp³-hybridized carbons (Fsp3) is 0.950. The minimum atomic E-state index is -1.15. The predicted octanol–water partition coefficient (Wildman–Crippen LogP) is 6.20. The Morgan fingerprint density at radius 1 is 0.960 bits per heavy atom. The third kappa shape index (κ3) is 6.87. The van der Waals surface area contributed by atoms with Gasteiger partial charge in [-0.3, -0.25) is 9.69 Å². The number of hydrogen-bond acceptors (Lipinski definition) is 9. The van der Waals surface area contributed by atoms with Gasteiger partial charge in [0.25, 0.3) is 0 Å². The van der Waals surface area contributed by atoms with Gasteiger partial charge in [-0.2, -0.15) is 0 Å². The van der Waals surface area contributed by atoms with Gasteiger partial charge >= 0.3 is 12.1 Å². The number of rotatable bonds is 7. The molecule has 0 aromatic rings. The van der Waals surface area contributed by atoms with Gasteiger partial charge in [0.1, 0.15) is 6.10 Å².